The fourth-order valence-corrected chi connectivity index (χ4v) is 3.42. The normalized spacial score (nSPS) is 10.8. The van der Waals surface area contributed by atoms with Gasteiger partial charge in [-0.25, -0.2) is 18.4 Å². The molecule has 0 atom stereocenters. The molecule has 9 nitrogen and oxygen atoms in total. The Hall–Kier alpha value is -3.66. The quantitative estimate of drug-likeness (QED) is 0.610. The largest absolute Gasteiger partial charge is 0.497 e. The third-order valence-electron chi connectivity index (χ3n) is 3.84. The van der Waals surface area contributed by atoms with Crippen LogP contribution in [-0.2, 0) is 10.0 Å². The fraction of sp³-hybridized carbons (Fsp3) is 0.105. The zero-order valence-corrected chi connectivity index (χ0v) is 16.4. The van der Waals surface area contributed by atoms with E-state index in [1.54, 1.807) is 24.3 Å². The number of rotatable bonds is 7. The SMILES string of the molecule is COc1cccc(C(=O)Nc2ccc(S(=O)(=O)Nc3nccnc3OC)cc2)c1. The van der Waals surface area contributed by atoms with Crippen molar-refractivity contribution < 1.29 is 22.7 Å². The number of carbonyl (C=O) groups excluding carboxylic acids is 1. The van der Waals surface area contributed by atoms with Gasteiger partial charge in [0.25, 0.3) is 21.8 Å². The molecule has 1 heterocycles. The monoisotopic (exact) mass is 414 g/mol. The molecule has 0 aliphatic heterocycles. The van der Waals surface area contributed by atoms with Crippen molar-refractivity contribution in [2.45, 2.75) is 4.90 Å². The van der Waals surface area contributed by atoms with Gasteiger partial charge in [-0.05, 0) is 42.5 Å². The lowest BCUT2D eigenvalue weighted by Gasteiger charge is -2.10. The van der Waals surface area contributed by atoms with Crippen LogP contribution in [0.1, 0.15) is 10.4 Å². The first-order valence-electron chi connectivity index (χ1n) is 8.36. The Labute approximate surface area is 167 Å². The predicted molar refractivity (Wildman–Crippen MR) is 107 cm³/mol. The molecule has 2 N–H and O–H groups in total. The zero-order chi connectivity index (χ0) is 20.9. The molecule has 0 radical (unpaired) electrons. The number of aromatic nitrogens is 2. The van der Waals surface area contributed by atoms with Crippen molar-refractivity contribution in [2.75, 3.05) is 24.3 Å². The van der Waals surface area contributed by atoms with Crippen LogP contribution >= 0.6 is 0 Å². The number of hydrogen-bond acceptors (Lipinski definition) is 7. The van der Waals surface area contributed by atoms with E-state index in [-0.39, 0.29) is 22.5 Å². The lowest BCUT2D eigenvalue weighted by Crippen LogP contribution is -2.15. The van der Waals surface area contributed by atoms with Crippen LogP contribution in [0.3, 0.4) is 0 Å². The third-order valence-corrected chi connectivity index (χ3v) is 5.20. The maximum atomic E-state index is 12.6. The zero-order valence-electron chi connectivity index (χ0n) is 15.6. The van der Waals surface area contributed by atoms with E-state index in [1.807, 2.05) is 0 Å². The summed E-state index contributed by atoms with van der Waals surface area (Å²) in [7, 11) is -1.04. The summed E-state index contributed by atoms with van der Waals surface area (Å²) in [5.74, 6) is 0.246. The van der Waals surface area contributed by atoms with Crippen molar-refractivity contribution in [3.05, 3.63) is 66.5 Å². The standard InChI is InChI=1S/C19H18N4O5S/c1-27-15-5-3-4-13(12-15)18(24)22-14-6-8-16(9-7-14)29(25,26)23-17-19(28-2)21-11-10-20-17/h3-12H,1-2H3,(H,20,23)(H,22,24). The molecular weight excluding hydrogens is 396 g/mol. The highest BCUT2D eigenvalue weighted by Gasteiger charge is 2.18. The van der Waals surface area contributed by atoms with Gasteiger partial charge >= 0.3 is 0 Å². The van der Waals surface area contributed by atoms with Gasteiger partial charge in [0.2, 0.25) is 5.82 Å². The second kappa shape index (κ2) is 8.57. The second-order valence-corrected chi connectivity index (χ2v) is 7.41. The summed E-state index contributed by atoms with van der Waals surface area (Å²) in [6.45, 7) is 0. The summed E-state index contributed by atoms with van der Waals surface area (Å²) in [4.78, 5) is 20.2. The minimum Gasteiger partial charge on any atom is -0.497 e. The van der Waals surface area contributed by atoms with E-state index in [4.69, 9.17) is 9.47 Å². The van der Waals surface area contributed by atoms with Crippen molar-refractivity contribution in [1.29, 1.82) is 0 Å². The summed E-state index contributed by atoms with van der Waals surface area (Å²) in [5, 5.41) is 2.70. The molecule has 10 heteroatoms. The van der Waals surface area contributed by atoms with Gasteiger partial charge in [-0.3, -0.25) is 9.52 Å². The molecule has 0 bridgehead atoms. The number of amides is 1. The molecule has 1 aromatic heterocycles. The smallest absolute Gasteiger partial charge is 0.263 e. The van der Waals surface area contributed by atoms with Crippen molar-refractivity contribution in [1.82, 2.24) is 9.97 Å². The molecule has 0 spiro atoms. The molecule has 3 aromatic rings. The number of ether oxygens (including phenoxy) is 2. The summed E-state index contributed by atoms with van der Waals surface area (Å²) >= 11 is 0. The van der Waals surface area contributed by atoms with Crippen LogP contribution in [0.4, 0.5) is 11.5 Å². The van der Waals surface area contributed by atoms with Crippen LogP contribution < -0.4 is 19.5 Å². The highest BCUT2D eigenvalue weighted by molar-refractivity contribution is 7.92. The minimum atomic E-state index is -3.91. The van der Waals surface area contributed by atoms with Gasteiger partial charge < -0.3 is 14.8 Å². The highest BCUT2D eigenvalue weighted by atomic mass is 32.2. The molecule has 29 heavy (non-hydrogen) atoms. The average molecular weight is 414 g/mol. The number of nitrogens with zero attached hydrogens (tertiary/aromatic N) is 2. The van der Waals surface area contributed by atoms with Crippen LogP contribution in [0.5, 0.6) is 11.6 Å². The number of nitrogens with one attached hydrogen (secondary N) is 2. The lowest BCUT2D eigenvalue weighted by atomic mass is 10.2. The number of sulfonamides is 1. The number of carbonyl (C=O) groups is 1. The first kappa shape index (κ1) is 20.1. The fourth-order valence-electron chi connectivity index (χ4n) is 2.42. The summed E-state index contributed by atoms with van der Waals surface area (Å²) in [5.41, 5.74) is 0.853. The molecule has 150 valence electrons. The number of hydrogen-bond donors (Lipinski definition) is 2. The van der Waals surface area contributed by atoms with Gasteiger partial charge in [-0.2, -0.15) is 0 Å². The molecule has 3 rings (SSSR count). The Bertz CT molecular complexity index is 1120. The van der Waals surface area contributed by atoms with Gasteiger partial charge in [-0.1, -0.05) is 6.07 Å². The van der Waals surface area contributed by atoms with Gasteiger partial charge in [-0.15, -0.1) is 0 Å². The van der Waals surface area contributed by atoms with Crippen molar-refractivity contribution in [3.8, 4) is 11.6 Å². The summed E-state index contributed by atoms with van der Waals surface area (Å²) in [6.07, 6.45) is 2.73. The number of anilines is 2. The number of benzene rings is 2. The Kier molecular flexibility index (Phi) is 5.93. The van der Waals surface area contributed by atoms with E-state index < -0.39 is 10.0 Å². The number of methoxy groups -OCH3 is 2. The molecule has 0 fully saturated rings. The van der Waals surface area contributed by atoms with Crippen molar-refractivity contribution in [3.63, 3.8) is 0 Å². The summed E-state index contributed by atoms with van der Waals surface area (Å²) < 4.78 is 37.5. The van der Waals surface area contributed by atoms with Crippen molar-refractivity contribution in [2.24, 2.45) is 0 Å². The van der Waals surface area contributed by atoms with E-state index in [2.05, 4.69) is 20.0 Å². The van der Waals surface area contributed by atoms with E-state index in [0.29, 0.717) is 17.0 Å². The molecule has 2 aromatic carbocycles. The molecule has 0 unspecified atom stereocenters. The molecular formula is C19H18N4O5S. The van der Waals surface area contributed by atoms with E-state index in [9.17, 15) is 13.2 Å². The van der Waals surface area contributed by atoms with Gasteiger partial charge in [0.05, 0.1) is 19.1 Å². The topological polar surface area (TPSA) is 120 Å². The van der Waals surface area contributed by atoms with E-state index >= 15 is 0 Å². The predicted octanol–water partition coefficient (Wildman–Crippen LogP) is 2.55. The Morgan fingerprint density at radius 2 is 1.69 bits per heavy atom. The molecule has 0 aliphatic carbocycles. The molecule has 0 saturated carbocycles. The first-order valence-corrected chi connectivity index (χ1v) is 9.84. The van der Waals surface area contributed by atoms with Gasteiger partial charge in [0.1, 0.15) is 5.75 Å². The maximum absolute atomic E-state index is 12.6. The summed E-state index contributed by atoms with van der Waals surface area (Å²) in [6, 6.07) is 12.4. The molecule has 0 saturated heterocycles. The van der Waals surface area contributed by atoms with Crippen LogP contribution in [0.2, 0.25) is 0 Å². The molecule has 0 aliphatic rings. The Morgan fingerprint density at radius 1 is 0.966 bits per heavy atom. The first-order chi connectivity index (χ1) is 13.9. The Morgan fingerprint density at radius 3 is 2.38 bits per heavy atom. The van der Waals surface area contributed by atoms with Gasteiger partial charge in [0, 0.05) is 23.6 Å². The average Bonchev–Trinajstić information content (AvgIpc) is 2.74. The van der Waals surface area contributed by atoms with Crippen LogP contribution in [0.25, 0.3) is 0 Å². The lowest BCUT2D eigenvalue weighted by molar-refractivity contribution is 0.102. The van der Waals surface area contributed by atoms with Crippen LogP contribution in [0.15, 0.2) is 65.8 Å². The minimum absolute atomic E-state index is 0.00964. The van der Waals surface area contributed by atoms with E-state index in [0.717, 1.165) is 0 Å². The molecule has 1 amide bonds. The van der Waals surface area contributed by atoms with Gasteiger partial charge in [0.15, 0.2) is 0 Å². The van der Waals surface area contributed by atoms with Crippen LogP contribution in [0, 0.1) is 0 Å². The Balaban J connectivity index is 1.74. The van der Waals surface area contributed by atoms with Crippen LogP contribution in [-0.4, -0.2) is 38.5 Å². The third kappa shape index (κ3) is 4.79. The second-order valence-electron chi connectivity index (χ2n) is 5.73. The van der Waals surface area contributed by atoms with E-state index in [1.165, 1.54) is 50.9 Å². The van der Waals surface area contributed by atoms with Crippen molar-refractivity contribution >= 4 is 27.4 Å². The highest BCUT2D eigenvalue weighted by Crippen LogP contribution is 2.22. The maximum Gasteiger partial charge on any atom is 0.263 e.